The fraction of sp³-hybridized carbons (Fsp3) is 0.609. The lowest BCUT2D eigenvalue weighted by atomic mass is 10.2. The molecule has 2 aliphatic rings. The average Bonchev–Trinajstić information content (AvgIpc) is 3.08. The number of benzene rings is 1. The van der Waals surface area contributed by atoms with Gasteiger partial charge >= 0.3 is 0 Å². The smallest absolute Gasteiger partial charge is 0.241 e. The van der Waals surface area contributed by atoms with Gasteiger partial charge in [0, 0.05) is 51.9 Å². The molecule has 2 fully saturated rings. The van der Waals surface area contributed by atoms with E-state index in [1.807, 2.05) is 4.90 Å². The maximum Gasteiger partial charge on any atom is 0.241 e. The number of anilines is 1. The van der Waals surface area contributed by atoms with Gasteiger partial charge in [0.25, 0.3) is 0 Å². The lowest BCUT2D eigenvalue weighted by Gasteiger charge is -2.36. The van der Waals surface area contributed by atoms with Crippen molar-refractivity contribution in [2.75, 3.05) is 51.1 Å². The Labute approximate surface area is 201 Å². The lowest BCUT2D eigenvalue weighted by molar-refractivity contribution is -0.136. The van der Waals surface area contributed by atoms with Crippen LogP contribution in [0.5, 0.6) is 0 Å². The Morgan fingerprint density at radius 3 is 2.03 bits per heavy atom. The largest absolute Gasteiger partial charge is 0.342 e. The summed E-state index contributed by atoms with van der Waals surface area (Å²) in [4.78, 5) is 42.2. The molecule has 1 aromatic carbocycles. The molecule has 3 amide bonds. The van der Waals surface area contributed by atoms with Crippen LogP contribution in [0.25, 0.3) is 0 Å². The van der Waals surface area contributed by atoms with E-state index in [2.05, 4.69) is 14.9 Å². The first-order valence-corrected chi connectivity index (χ1v) is 13.3. The molecule has 10 nitrogen and oxygen atoms in total. The highest BCUT2D eigenvalue weighted by Gasteiger charge is 2.29. The molecule has 0 saturated carbocycles. The Kier molecular flexibility index (Phi) is 9.03. The van der Waals surface area contributed by atoms with E-state index in [1.54, 1.807) is 4.90 Å². The summed E-state index contributed by atoms with van der Waals surface area (Å²) in [7, 11) is -3.90. The van der Waals surface area contributed by atoms with E-state index in [4.69, 9.17) is 0 Å². The second-order valence-electron chi connectivity index (χ2n) is 8.94. The molecule has 2 aliphatic heterocycles. The Hall–Kier alpha value is -2.50. The number of hydrogen-bond acceptors (Lipinski definition) is 6. The first-order valence-electron chi connectivity index (χ1n) is 11.8. The maximum absolute atomic E-state index is 12.9. The zero-order valence-corrected chi connectivity index (χ0v) is 20.8. The van der Waals surface area contributed by atoms with Crippen molar-refractivity contribution in [3.05, 3.63) is 24.3 Å². The molecule has 0 aromatic heterocycles. The molecule has 0 aliphatic carbocycles. The number of carbonyl (C=O) groups excluding carboxylic acids is 3. The van der Waals surface area contributed by atoms with Gasteiger partial charge in [-0.3, -0.25) is 19.3 Å². The molecule has 11 heteroatoms. The van der Waals surface area contributed by atoms with E-state index in [1.165, 1.54) is 51.0 Å². The van der Waals surface area contributed by atoms with E-state index in [0.29, 0.717) is 38.4 Å². The van der Waals surface area contributed by atoms with Crippen LogP contribution in [0.15, 0.2) is 29.2 Å². The quantitative estimate of drug-likeness (QED) is 0.582. The third-order valence-corrected chi connectivity index (χ3v) is 7.75. The van der Waals surface area contributed by atoms with E-state index in [-0.39, 0.29) is 22.6 Å². The third-order valence-electron chi connectivity index (χ3n) is 6.19. The van der Waals surface area contributed by atoms with Crippen LogP contribution in [0.3, 0.4) is 0 Å². The summed E-state index contributed by atoms with van der Waals surface area (Å²) in [6, 6.07) is 4.82. The summed E-state index contributed by atoms with van der Waals surface area (Å²) in [5.74, 6) is -0.399. The summed E-state index contributed by atoms with van der Waals surface area (Å²) >= 11 is 0. The second-order valence-corrected chi connectivity index (χ2v) is 10.7. The standard InChI is InChI=1S/C23H35N5O5S/c1-18(25-34(32,33)21-9-7-20(8-10-21)24-19(2)29)23(31)28-15-13-26(14-16-28)17-22(30)27-11-5-3-4-6-12-27/h7-10,18,25H,3-6,11-17H2,1-2H3,(H,24,29)/t18-/m0/s1. The van der Waals surface area contributed by atoms with Crippen molar-refractivity contribution in [2.24, 2.45) is 0 Å². The Morgan fingerprint density at radius 1 is 0.882 bits per heavy atom. The molecule has 2 N–H and O–H groups in total. The van der Waals surface area contributed by atoms with Crippen LogP contribution in [-0.4, -0.2) is 92.7 Å². The molecule has 0 bridgehead atoms. The van der Waals surface area contributed by atoms with Gasteiger partial charge in [0.15, 0.2) is 0 Å². The summed E-state index contributed by atoms with van der Waals surface area (Å²) in [6.07, 6.45) is 4.46. The van der Waals surface area contributed by atoms with Gasteiger partial charge in [-0.25, -0.2) is 8.42 Å². The number of rotatable bonds is 7. The monoisotopic (exact) mass is 493 g/mol. The van der Waals surface area contributed by atoms with Crippen molar-refractivity contribution in [3.63, 3.8) is 0 Å². The van der Waals surface area contributed by atoms with Gasteiger partial charge in [-0.15, -0.1) is 0 Å². The summed E-state index contributed by atoms with van der Waals surface area (Å²) < 4.78 is 27.8. The zero-order valence-electron chi connectivity index (χ0n) is 20.0. The van der Waals surface area contributed by atoms with Gasteiger partial charge < -0.3 is 15.1 Å². The van der Waals surface area contributed by atoms with Gasteiger partial charge in [0.1, 0.15) is 0 Å². The number of sulfonamides is 1. The minimum absolute atomic E-state index is 0.0121. The molecule has 0 spiro atoms. The topological polar surface area (TPSA) is 119 Å². The highest BCUT2D eigenvalue weighted by Crippen LogP contribution is 2.15. The van der Waals surface area contributed by atoms with Crippen molar-refractivity contribution >= 4 is 33.4 Å². The lowest BCUT2D eigenvalue weighted by Crippen LogP contribution is -2.55. The predicted molar refractivity (Wildman–Crippen MR) is 129 cm³/mol. The average molecular weight is 494 g/mol. The van der Waals surface area contributed by atoms with Crippen LogP contribution in [-0.2, 0) is 24.4 Å². The number of hydrogen-bond donors (Lipinski definition) is 2. The fourth-order valence-electron chi connectivity index (χ4n) is 4.28. The maximum atomic E-state index is 12.9. The van der Waals surface area contributed by atoms with Gasteiger partial charge in [0.2, 0.25) is 27.7 Å². The van der Waals surface area contributed by atoms with Crippen molar-refractivity contribution < 1.29 is 22.8 Å². The summed E-state index contributed by atoms with van der Waals surface area (Å²) in [5.41, 5.74) is 0.489. The molecule has 1 aromatic rings. The molecule has 1 atom stereocenters. The molecule has 3 rings (SSSR count). The van der Waals surface area contributed by atoms with Gasteiger partial charge in [-0.2, -0.15) is 4.72 Å². The van der Waals surface area contributed by atoms with E-state index >= 15 is 0 Å². The molecule has 0 radical (unpaired) electrons. The van der Waals surface area contributed by atoms with Gasteiger partial charge in [0.05, 0.1) is 17.5 Å². The van der Waals surface area contributed by atoms with Crippen molar-refractivity contribution in [2.45, 2.75) is 50.5 Å². The fourth-order valence-corrected chi connectivity index (χ4v) is 5.48. The van der Waals surface area contributed by atoms with Crippen LogP contribution in [0.1, 0.15) is 39.5 Å². The Bertz CT molecular complexity index is 966. The van der Waals surface area contributed by atoms with Crippen LogP contribution >= 0.6 is 0 Å². The highest BCUT2D eigenvalue weighted by atomic mass is 32.2. The normalized spacial score (nSPS) is 18.8. The van der Waals surface area contributed by atoms with Crippen LogP contribution < -0.4 is 10.0 Å². The van der Waals surface area contributed by atoms with Gasteiger partial charge in [-0.1, -0.05) is 12.8 Å². The third kappa shape index (κ3) is 7.25. The second kappa shape index (κ2) is 11.8. The van der Waals surface area contributed by atoms with Crippen LogP contribution in [0.2, 0.25) is 0 Å². The number of nitrogens with zero attached hydrogens (tertiary/aromatic N) is 3. The molecule has 0 unspecified atom stereocenters. The van der Waals surface area contributed by atoms with E-state index in [9.17, 15) is 22.8 Å². The summed E-state index contributed by atoms with van der Waals surface area (Å²) in [6.45, 7) is 6.96. The van der Waals surface area contributed by atoms with E-state index in [0.717, 1.165) is 25.9 Å². The number of likely N-dealkylation sites (tertiary alicyclic amines) is 1. The first-order chi connectivity index (χ1) is 16.2. The highest BCUT2D eigenvalue weighted by molar-refractivity contribution is 7.89. The number of piperazine rings is 1. The van der Waals surface area contributed by atoms with Gasteiger partial charge in [-0.05, 0) is 44.0 Å². The van der Waals surface area contributed by atoms with Crippen molar-refractivity contribution in [1.29, 1.82) is 0 Å². The zero-order chi connectivity index (χ0) is 24.7. The molecule has 34 heavy (non-hydrogen) atoms. The Balaban J connectivity index is 1.48. The number of carbonyl (C=O) groups is 3. The van der Waals surface area contributed by atoms with Crippen molar-refractivity contribution in [1.82, 2.24) is 19.4 Å². The SMILES string of the molecule is CC(=O)Nc1ccc(S(=O)(=O)N[C@@H](C)C(=O)N2CCN(CC(=O)N3CCCCCC3)CC2)cc1. The molecular formula is C23H35N5O5S. The number of nitrogens with one attached hydrogen (secondary N) is 2. The summed E-state index contributed by atoms with van der Waals surface area (Å²) in [5, 5.41) is 2.58. The predicted octanol–water partition coefficient (Wildman–Crippen LogP) is 0.859. The van der Waals surface area contributed by atoms with Crippen LogP contribution in [0.4, 0.5) is 5.69 Å². The first kappa shape index (κ1) is 26.1. The molecule has 2 saturated heterocycles. The Morgan fingerprint density at radius 2 is 1.47 bits per heavy atom. The van der Waals surface area contributed by atoms with E-state index < -0.39 is 16.1 Å². The number of amides is 3. The van der Waals surface area contributed by atoms with Crippen LogP contribution in [0, 0.1) is 0 Å². The minimum atomic E-state index is -3.90. The molecular weight excluding hydrogens is 458 g/mol. The molecule has 2 heterocycles. The molecule has 188 valence electrons. The van der Waals surface area contributed by atoms with Crippen molar-refractivity contribution in [3.8, 4) is 0 Å². The minimum Gasteiger partial charge on any atom is -0.342 e.